The van der Waals surface area contributed by atoms with Crippen molar-refractivity contribution in [1.29, 1.82) is 0 Å². The highest BCUT2D eigenvalue weighted by Crippen LogP contribution is 2.14. The van der Waals surface area contributed by atoms with E-state index in [4.69, 9.17) is 0 Å². The number of amides is 3. The summed E-state index contributed by atoms with van der Waals surface area (Å²) in [4.78, 5) is 36.0. The molecule has 0 aromatic heterocycles. The highest BCUT2D eigenvalue weighted by molar-refractivity contribution is 5.99. The van der Waals surface area contributed by atoms with Crippen LogP contribution in [0.4, 0.5) is 11.4 Å². The molecule has 0 unspecified atom stereocenters. The van der Waals surface area contributed by atoms with Gasteiger partial charge in [-0.1, -0.05) is 31.0 Å². The summed E-state index contributed by atoms with van der Waals surface area (Å²) in [5, 5.41) is 8.15. The second-order valence-corrected chi connectivity index (χ2v) is 7.33. The molecule has 0 atom stereocenters. The minimum absolute atomic E-state index is 0.0408. The lowest BCUT2D eigenvalue weighted by Crippen LogP contribution is -2.32. The first kappa shape index (κ1) is 21.2. The van der Waals surface area contributed by atoms with Crippen molar-refractivity contribution >= 4 is 29.1 Å². The van der Waals surface area contributed by atoms with Gasteiger partial charge in [-0.3, -0.25) is 14.4 Å². The maximum Gasteiger partial charge on any atom is 0.251 e. The van der Waals surface area contributed by atoms with Gasteiger partial charge in [0.15, 0.2) is 0 Å². The van der Waals surface area contributed by atoms with Gasteiger partial charge < -0.3 is 16.0 Å². The van der Waals surface area contributed by atoms with Gasteiger partial charge in [0.1, 0.15) is 0 Å². The molecule has 0 saturated carbocycles. The Kier molecular flexibility index (Phi) is 7.32. The first-order chi connectivity index (χ1) is 13.2. The quantitative estimate of drug-likeness (QED) is 0.684. The zero-order valence-electron chi connectivity index (χ0n) is 16.8. The Morgan fingerprint density at radius 2 is 1.32 bits per heavy atom. The molecule has 0 aliphatic carbocycles. The molecule has 28 heavy (non-hydrogen) atoms. The van der Waals surface area contributed by atoms with Crippen LogP contribution in [0, 0.1) is 19.8 Å². The van der Waals surface area contributed by atoms with E-state index in [1.165, 1.54) is 0 Å². The Labute approximate surface area is 165 Å². The lowest BCUT2D eigenvalue weighted by molar-refractivity contribution is -0.117. The van der Waals surface area contributed by atoms with Crippen LogP contribution in [-0.4, -0.2) is 24.3 Å². The third-order valence-corrected chi connectivity index (χ3v) is 3.94. The van der Waals surface area contributed by atoms with Crippen LogP contribution < -0.4 is 16.0 Å². The molecule has 3 amide bonds. The highest BCUT2D eigenvalue weighted by Gasteiger charge is 2.10. The van der Waals surface area contributed by atoms with Crippen molar-refractivity contribution in [2.45, 2.75) is 34.1 Å². The lowest BCUT2D eigenvalue weighted by atomic mass is 10.1. The van der Waals surface area contributed by atoms with Crippen LogP contribution in [-0.2, 0) is 9.59 Å². The largest absolute Gasteiger partial charge is 0.343 e. The molecule has 2 rings (SSSR count). The Bertz CT molecular complexity index is 838. The number of hydrogen-bond donors (Lipinski definition) is 3. The fourth-order valence-electron chi connectivity index (χ4n) is 2.79. The second kappa shape index (κ2) is 9.69. The van der Waals surface area contributed by atoms with Crippen LogP contribution in [0.3, 0.4) is 0 Å². The zero-order chi connectivity index (χ0) is 20.7. The summed E-state index contributed by atoms with van der Waals surface area (Å²) in [6.45, 7) is 7.68. The average molecular weight is 381 g/mol. The molecular formula is C22H27N3O3. The van der Waals surface area contributed by atoms with Crippen LogP contribution in [0.25, 0.3) is 0 Å². The first-order valence-electron chi connectivity index (χ1n) is 9.29. The lowest BCUT2D eigenvalue weighted by Gasteiger charge is -2.10. The number of nitrogens with one attached hydrogen (secondary N) is 3. The Balaban J connectivity index is 1.84. The summed E-state index contributed by atoms with van der Waals surface area (Å²) < 4.78 is 0. The molecule has 0 heterocycles. The number of hydrogen-bond acceptors (Lipinski definition) is 3. The van der Waals surface area contributed by atoms with Gasteiger partial charge in [0.2, 0.25) is 11.8 Å². The molecule has 6 heteroatoms. The van der Waals surface area contributed by atoms with Crippen LogP contribution in [0.2, 0.25) is 0 Å². The van der Waals surface area contributed by atoms with Crippen molar-refractivity contribution < 1.29 is 14.4 Å². The van der Waals surface area contributed by atoms with Gasteiger partial charge in [-0.2, -0.15) is 0 Å². The van der Waals surface area contributed by atoms with Gasteiger partial charge in [-0.05, 0) is 56.2 Å². The molecule has 0 aliphatic rings. The maximum absolute atomic E-state index is 12.2. The SMILES string of the molecule is Cc1cc(C)cc(C(=O)NCC(=O)Nc2ccc(NC(=O)CC(C)C)cc2)c1. The Hall–Kier alpha value is -3.15. The summed E-state index contributed by atoms with van der Waals surface area (Å²) >= 11 is 0. The van der Waals surface area contributed by atoms with Crippen LogP contribution in [0.1, 0.15) is 41.8 Å². The van der Waals surface area contributed by atoms with E-state index >= 15 is 0 Å². The van der Waals surface area contributed by atoms with E-state index in [0.29, 0.717) is 23.4 Å². The minimum atomic E-state index is -0.325. The maximum atomic E-state index is 12.2. The van der Waals surface area contributed by atoms with Crippen molar-refractivity contribution in [1.82, 2.24) is 5.32 Å². The van der Waals surface area contributed by atoms with Gasteiger partial charge >= 0.3 is 0 Å². The molecule has 0 bridgehead atoms. The Morgan fingerprint density at radius 3 is 1.82 bits per heavy atom. The van der Waals surface area contributed by atoms with E-state index in [1.807, 2.05) is 33.8 Å². The molecule has 148 valence electrons. The van der Waals surface area contributed by atoms with E-state index in [-0.39, 0.29) is 30.2 Å². The number of carbonyl (C=O) groups is 3. The molecule has 0 aliphatic heterocycles. The second-order valence-electron chi connectivity index (χ2n) is 7.33. The molecule has 0 radical (unpaired) electrons. The van der Waals surface area contributed by atoms with Crippen molar-refractivity contribution in [2.24, 2.45) is 5.92 Å². The fourth-order valence-corrected chi connectivity index (χ4v) is 2.79. The molecule has 0 fully saturated rings. The summed E-state index contributed by atoms with van der Waals surface area (Å²) in [6, 6.07) is 12.4. The number of rotatable bonds is 7. The summed E-state index contributed by atoms with van der Waals surface area (Å²) in [5.41, 5.74) is 3.79. The van der Waals surface area contributed by atoms with Crippen LogP contribution in [0.5, 0.6) is 0 Å². The standard InChI is InChI=1S/C22H27N3O3/c1-14(2)9-20(26)24-18-5-7-19(8-6-18)25-21(27)13-23-22(28)17-11-15(3)10-16(4)12-17/h5-8,10-12,14H,9,13H2,1-4H3,(H,23,28)(H,24,26)(H,25,27). The van der Waals surface area contributed by atoms with E-state index in [0.717, 1.165) is 11.1 Å². The number of aryl methyl sites for hydroxylation is 2. The smallest absolute Gasteiger partial charge is 0.251 e. The summed E-state index contributed by atoms with van der Waals surface area (Å²) in [7, 11) is 0. The normalized spacial score (nSPS) is 10.5. The predicted octanol–water partition coefficient (Wildman–Crippen LogP) is 3.66. The zero-order valence-corrected chi connectivity index (χ0v) is 16.8. The van der Waals surface area contributed by atoms with Crippen LogP contribution in [0.15, 0.2) is 42.5 Å². The molecule has 3 N–H and O–H groups in total. The van der Waals surface area contributed by atoms with E-state index in [1.54, 1.807) is 36.4 Å². The van der Waals surface area contributed by atoms with Gasteiger partial charge in [0.25, 0.3) is 5.91 Å². The molecule has 2 aromatic rings. The predicted molar refractivity (Wildman–Crippen MR) is 111 cm³/mol. The average Bonchev–Trinajstić information content (AvgIpc) is 2.59. The van der Waals surface area contributed by atoms with Crippen molar-refractivity contribution in [3.63, 3.8) is 0 Å². The van der Waals surface area contributed by atoms with E-state index in [9.17, 15) is 14.4 Å². The minimum Gasteiger partial charge on any atom is -0.343 e. The van der Waals surface area contributed by atoms with E-state index < -0.39 is 0 Å². The van der Waals surface area contributed by atoms with Crippen molar-refractivity contribution in [3.8, 4) is 0 Å². The third kappa shape index (κ3) is 6.87. The summed E-state index contributed by atoms with van der Waals surface area (Å²) in [5.74, 6) is -0.363. The van der Waals surface area contributed by atoms with Crippen molar-refractivity contribution in [2.75, 3.05) is 17.2 Å². The molecule has 0 spiro atoms. The highest BCUT2D eigenvalue weighted by atomic mass is 16.2. The molecule has 2 aromatic carbocycles. The first-order valence-corrected chi connectivity index (χ1v) is 9.29. The van der Waals surface area contributed by atoms with Crippen molar-refractivity contribution in [3.05, 3.63) is 59.2 Å². The summed E-state index contributed by atoms with van der Waals surface area (Å²) in [6.07, 6.45) is 0.457. The Morgan fingerprint density at radius 1 is 0.821 bits per heavy atom. The molecule has 6 nitrogen and oxygen atoms in total. The van der Waals surface area contributed by atoms with Crippen LogP contribution >= 0.6 is 0 Å². The van der Waals surface area contributed by atoms with E-state index in [2.05, 4.69) is 16.0 Å². The number of carbonyl (C=O) groups excluding carboxylic acids is 3. The topological polar surface area (TPSA) is 87.3 Å². The van der Waals surface area contributed by atoms with Gasteiger partial charge in [0.05, 0.1) is 6.54 Å². The fraction of sp³-hybridized carbons (Fsp3) is 0.318. The monoisotopic (exact) mass is 381 g/mol. The van der Waals surface area contributed by atoms with Gasteiger partial charge in [-0.25, -0.2) is 0 Å². The number of anilines is 2. The van der Waals surface area contributed by atoms with Gasteiger partial charge in [-0.15, -0.1) is 0 Å². The molecule has 0 saturated heterocycles. The number of benzene rings is 2. The third-order valence-electron chi connectivity index (χ3n) is 3.94. The molecular weight excluding hydrogens is 354 g/mol. The van der Waals surface area contributed by atoms with Gasteiger partial charge in [0, 0.05) is 23.4 Å².